The molecular weight excluding hydrogens is 418 g/mol. The number of halogens is 1. The third kappa shape index (κ3) is 4.85. The average molecular weight is 448 g/mol. The van der Waals surface area contributed by atoms with Crippen molar-refractivity contribution in [3.05, 3.63) is 89.0 Å². The second kappa shape index (κ2) is 9.40. The molecule has 3 nitrogen and oxygen atoms in total. The Labute approximate surface area is 196 Å². The molecule has 0 spiro atoms. The molecule has 0 radical (unpaired) electrons. The van der Waals surface area contributed by atoms with Crippen LogP contribution in [0, 0.1) is 0 Å². The summed E-state index contributed by atoms with van der Waals surface area (Å²) < 4.78 is 11.9. The maximum Gasteiger partial charge on any atom is 0.126 e. The van der Waals surface area contributed by atoms with Gasteiger partial charge in [0.1, 0.15) is 5.75 Å². The number of fused-ring (bicyclic) bond motifs is 1. The summed E-state index contributed by atoms with van der Waals surface area (Å²) in [5.74, 6) is 0.863. The van der Waals surface area contributed by atoms with Crippen LogP contribution < -0.4 is 10.1 Å². The van der Waals surface area contributed by atoms with E-state index in [0.29, 0.717) is 6.61 Å². The van der Waals surface area contributed by atoms with Crippen molar-refractivity contribution in [1.29, 1.82) is 0 Å². The van der Waals surface area contributed by atoms with E-state index >= 15 is 0 Å². The van der Waals surface area contributed by atoms with Gasteiger partial charge in [0.05, 0.1) is 31.0 Å². The Hall–Kier alpha value is -2.75. The summed E-state index contributed by atoms with van der Waals surface area (Å²) in [6.45, 7) is 7.14. The first-order chi connectivity index (χ1) is 15.4. The van der Waals surface area contributed by atoms with Gasteiger partial charge in [-0.2, -0.15) is 0 Å². The molecule has 0 amide bonds. The molecular formula is C28H30ClNO2. The number of hydrogen-bond donors (Lipinski definition) is 1. The van der Waals surface area contributed by atoms with E-state index < -0.39 is 0 Å². The number of ether oxygens (including phenoxy) is 2. The standard InChI is InChI=1S/C28H30ClNO2/c1-19(32-16-15-20-9-7-10-21(29)17-20)25-18-28(2,3)30-27-23(12-8-13-24(25)27)22-11-5-6-14-26(22)31-4/h5-14,17-19,30H,15-16H2,1-4H3. The molecule has 166 valence electrons. The first-order valence-corrected chi connectivity index (χ1v) is 11.4. The molecule has 32 heavy (non-hydrogen) atoms. The molecule has 0 fully saturated rings. The highest BCUT2D eigenvalue weighted by atomic mass is 35.5. The molecule has 1 heterocycles. The molecule has 0 aliphatic carbocycles. The van der Waals surface area contributed by atoms with Crippen molar-refractivity contribution in [1.82, 2.24) is 0 Å². The van der Waals surface area contributed by atoms with Crippen molar-refractivity contribution in [2.24, 2.45) is 0 Å². The van der Waals surface area contributed by atoms with Gasteiger partial charge in [0.25, 0.3) is 0 Å². The number of benzene rings is 3. The molecule has 1 unspecified atom stereocenters. The number of anilines is 1. The zero-order valence-electron chi connectivity index (χ0n) is 19.1. The van der Waals surface area contributed by atoms with Crippen LogP contribution >= 0.6 is 11.6 Å². The summed E-state index contributed by atoms with van der Waals surface area (Å²) in [5.41, 5.74) is 6.67. The molecule has 0 saturated heterocycles. The fourth-order valence-corrected chi connectivity index (χ4v) is 4.53. The van der Waals surface area contributed by atoms with Crippen LogP contribution in [-0.4, -0.2) is 25.4 Å². The van der Waals surface area contributed by atoms with Gasteiger partial charge in [-0.3, -0.25) is 0 Å². The van der Waals surface area contributed by atoms with E-state index in [-0.39, 0.29) is 11.6 Å². The Morgan fingerprint density at radius 2 is 1.66 bits per heavy atom. The predicted octanol–water partition coefficient (Wildman–Crippen LogP) is 7.25. The summed E-state index contributed by atoms with van der Waals surface area (Å²) in [6, 6.07) is 22.5. The van der Waals surface area contributed by atoms with Crippen LogP contribution in [0.5, 0.6) is 5.75 Å². The largest absolute Gasteiger partial charge is 0.496 e. The molecule has 3 aromatic carbocycles. The third-order valence-electron chi connectivity index (χ3n) is 5.82. The lowest BCUT2D eigenvalue weighted by Crippen LogP contribution is -2.34. The summed E-state index contributed by atoms with van der Waals surface area (Å²) in [6.07, 6.45) is 3.07. The predicted molar refractivity (Wildman–Crippen MR) is 135 cm³/mol. The molecule has 1 atom stereocenters. The van der Waals surface area contributed by atoms with E-state index in [0.717, 1.165) is 34.0 Å². The van der Waals surface area contributed by atoms with Crippen molar-refractivity contribution in [2.75, 3.05) is 19.0 Å². The van der Waals surface area contributed by atoms with Crippen LogP contribution in [-0.2, 0) is 11.2 Å². The molecule has 4 heteroatoms. The van der Waals surface area contributed by atoms with Gasteiger partial charge in [-0.25, -0.2) is 0 Å². The van der Waals surface area contributed by atoms with Crippen LogP contribution in [0.2, 0.25) is 5.02 Å². The van der Waals surface area contributed by atoms with Crippen LogP contribution in [0.3, 0.4) is 0 Å². The van der Waals surface area contributed by atoms with E-state index in [9.17, 15) is 0 Å². The van der Waals surface area contributed by atoms with Gasteiger partial charge in [0, 0.05) is 21.7 Å². The molecule has 1 N–H and O–H groups in total. The summed E-state index contributed by atoms with van der Waals surface area (Å²) in [4.78, 5) is 0. The van der Waals surface area contributed by atoms with Gasteiger partial charge in [-0.15, -0.1) is 0 Å². The quantitative estimate of drug-likeness (QED) is 0.413. The number of methoxy groups -OCH3 is 1. The van der Waals surface area contributed by atoms with Crippen LogP contribution in [0.25, 0.3) is 16.7 Å². The maximum absolute atomic E-state index is 6.30. The monoisotopic (exact) mass is 447 g/mol. The Balaban J connectivity index is 1.62. The Bertz CT molecular complexity index is 1140. The van der Waals surface area contributed by atoms with E-state index in [1.165, 1.54) is 16.7 Å². The van der Waals surface area contributed by atoms with Gasteiger partial charge in [-0.05, 0) is 56.5 Å². The maximum atomic E-state index is 6.30. The lowest BCUT2D eigenvalue weighted by atomic mass is 9.85. The summed E-state index contributed by atoms with van der Waals surface area (Å²) >= 11 is 6.12. The smallest absolute Gasteiger partial charge is 0.126 e. The van der Waals surface area contributed by atoms with Gasteiger partial charge in [0.2, 0.25) is 0 Å². The lowest BCUT2D eigenvalue weighted by Gasteiger charge is -2.35. The minimum atomic E-state index is -0.203. The van der Waals surface area contributed by atoms with Gasteiger partial charge >= 0.3 is 0 Å². The second-order valence-electron chi connectivity index (χ2n) is 8.77. The fourth-order valence-electron chi connectivity index (χ4n) is 4.32. The van der Waals surface area contributed by atoms with E-state index in [2.05, 4.69) is 62.5 Å². The number of hydrogen-bond acceptors (Lipinski definition) is 3. The topological polar surface area (TPSA) is 30.5 Å². The minimum Gasteiger partial charge on any atom is -0.496 e. The zero-order chi connectivity index (χ0) is 22.7. The molecule has 1 aliphatic rings. The number of para-hydroxylation sites is 2. The van der Waals surface area contributed by atoms with E-state index in [1.54, 1.807) is 7.11 Å². The van der Waals surface area contributed by atoms with Crippen molar-refractivity contribution < 1.29 is 9.47 Å². The second-order valence-corrected chi connectivity index (χ2v) is 9.20. The molecule has 4 rings (SSSR count). The van der Waals surface area contributed by atoms with Crippen molar-refractivity contribution in [2.45, 2.75) is 38.8 Å². The molecule has 0 bridgehead atoms. The minimum absolute atomic E-state index is 0.0396. The number of rotatable bonds is 7. The molecule has 0 aromatic heterocycles. The molecule has 1 aliphatic heterocycles. The Kier molecular flexibility index (Phi) is 6.59. The van der Waals surface area contributed by atoms with Gasteiger partial charge in [-0.1, -0.05) is 66.2 Å². The highest BCUT2D eigenvalue weighted by molar-refractivity contribution is 6.30. The Morgan fingerprint density at radius 3 is 2.44 bits per heavy atom. The molecule has 0 saturated carbocycles. The summed E-state index contributed by atoms with van der Waals surface area (Å²) in [7, 11) is 1.72. The normalized spacial score (nSPS) is 15.3. The van der Waals surface area contributed by atoms with E-state index in [1.807, 2.05) is 36.4 Å². The molecule has 3 aromatic rings. The van der Waals surface area contributed by atoms with Crippen LogP contribution in [0.4, 0.5) is 5.69 Å². The first kappa shape index (κ1) is 22.4. The SMILES string of the molecule is COc1ccccc1-c1cccc2c1NC(C)(C)C=C2C(C)OCCc1cccc(Cl)c1. The highest BCUT2D eigenvalue weighted by Gasteiger charge is 2.29. The van der Waals surface area contributed by atoms with Gasteiger partial charge < -0.3 is 14.8 Å². The van der Waals surface area contributed by atoms with Crippen molar-refractivity contribution in [3.8, 4) is 16.9 Å². The fraction of sp³-hybridized carbons (Fsp3) is 0.286. The average Bonchev–Trinajstić information content (AvgIpc) is 2.77. The van der Waals surface area contributed by atoms with Crippen molar-refractivity contribution in [3.63, 3.8) is 0 Å². The summed E-state index contributed by atoms with van der Waals surface area (Å²) in [5, 5.41) is 4.49. The van der Waals surface area contributed by atoms with Crippen LogP contribution in [0.15, 0.2) is 72.8 Å². The number of nitrogens with one attached hydrogen (secondary N) is 1. The van der Waals surface area contributed by atoms with Gasteiger partial charge in [0.15, 0.2) is 0 Å². The van der Waals surface area contributed by atoms with Crippen molar-refractivity contribution >= 4 is 22.9 Å². The van der Waals surface area contributed by atoms with Crippen LogP contribution in [0.1, 0.15) is 31.9 Å². The third-order valence-corrected chi connectivity index (χ3v) is 6.06. The highest BCUT2D eigenvalue weighted by Crippen LogP contribution is 2.44. The Morgan fingerprint density at radius 1 is 0.938 bits per heavy atom. The first-order valence-electron chi connectivity index (χ1n) is 11.0. The lowest BCUT2D eigenvalue weighted by molar-refractivity contribution is 0.106. The zero-order valence-corrected chi connectivity index (χ0v) is 19.9. The van der Waals surface area contributed by atoms with E-state index in [4.69, 9.17) is 21.1 Å².